The fourth-order valence-electron chi connectivity index (χ4n) is 2.73. The SMILES string of the molecule is CC(C)C1CCCN1c1cccc(F)c1CCl. The van der Waals surface area contributed by atoms with Gasteiger partial charge < -0.3 is 4.90 Å². The summed E-state index contributed by atoms with van der Waals surface area (Å²) < 4.78 is 13.7. The minimum Gasteiger partial charge on any atom is -0.368 e. The van der Waals surface area contributed by atoms with Crippen molar-refractivity contribution in [3.63, 3.8) is 0 Å². The van der Waals surface area contributed by atoms with E-state index in [1.807, 2.05) is 6.07 Å². The lowest BCUT2D eigenvalue weighted by Crippen LogP contribution is -2.34. The molecule has 0 bridgehead atoms. The summed E-state index contributed by atoms with van der Waals surface area (Å²) in [5.41, 5.74) is 1.62. The number of halogens is 2. The normalized spacial score (nSPS) is 20.3. The topological polar surface area (TPSA) is 3.24 Å². The van der Waals surface area contributed by atoms with Crippen LogP contribution in [-0.2, 0) is 5.88 Å². The van der Waals surface area contributed by atoms with Gasteiger partial charge in [-0.25, -0.2) is 4.39 Å². The maximum Gasteiger partial charge on any atom is 0.129 e. The molecular weight excluding hydrogens is 237 g/mol. The van der Waals surface area contributed by atoms with Gasteiger partial charge in [0.15, 0.2) is 0 Å². The van der Waals surface area contributed by atoms with Gasteiger partial charge in [-0.2, -0.15) is 0 Å². The second-order valence-corrected chi connectivity index (χ2v) is 5.29. The average Bonchev–Trinajstić information content (AvgIpc) is 2.77. The predicted octanol–water partition coefficient (Wildman–Crippen LogP) is 4.19. The van der Waals surface area contributed by atoms with Crippen LogP contribution in [0, 0.1) is 11.7 Å². The van der Waals surface area contributed by atoms with Gasteiger partial charge in [0.25, 0.3) is 0 Å². The summed E-state index contributed by atoms with van der Waals surface area (Å²) in [7, 11) is 0. The zero-order valence-corrected chi connectivity index (χ0v) is 11.2. The molecule has 1 nitrogen and oxygen atoms in total. The van der Waals surface area contributed by atoms with E-state index < -0.39 is 0 Å². The van der Waals surface area contributed by atoms with Crippen LogP contribution in [0.4, 0.5) is 10.1 Å². The largest absolute Gasteiger partial charge is 0.368 e. The Balaban J connectivity index is 2.36. The lowest BCUT2D eigenvalue weighted by molar-refractivity contribution is 0.490. The molecule has 1 unspecified atom stereocenters. The van der Waals surface area contributed by atoms with Crippen LogP contribution in [0.1, 0.15) is 32.3 Å². The van der Waals surface area contributed by atoms with Crippen LogP contribution in [0.5, 0.6) is 0 Å². The molecule has 1 fully saturated rings. The monoisotopic (exact) mass is 255 g/mol. The Hall–Kier alpha value is -0.760. The van der Waals surface area contributed by atoms with Crippen LogP contribution < -0.4 is 4.90 Å². The van der Waals surface area contributed by atoms with Gasteiger partial charge in [-0.1, -0.05) is 19.9 Å². The molecule has 1 aromatic carbocycles. The summed E-state index contributed by atoms with van der Waals surface area (Å²) in [6, 6.07) is 5.76. The van der Waals surface area contributed by atoms with Gasteiger partial charge in [0, 0.05) is 23.8 Å². The van der Waals surface area contributed by atoms with Crippen molar-refractivity contribution in [1.29, 1.82) is 0 Å². The van der Waals surface area contributed by atoms with Crippen molar-refractivity contribution in [3.8, 4) is 0 Å². The minimum atomic E-state index is -0.188. The fraction of sp³-hybridized carbons (Fsp3) is 0.571. The minimum absolute atomic E-state index is 0.188. The van der Waals surface area contributed by atoms with E-state index in [2.05, 4.69) is 18.7 Å². The Morgan fingerprint density at radius 2 is 2.24 bits per heavy atom. The molecule has 0 amide bonds. The van der Waals surface area contributed by atoms with Crippen LogP contribution >= 0.6 is 11.6 Å². The van der Waals surface area contributed by atoms with E-state index in [1.165, 1.54) is 18.9 Å². The molecule has 0 saturated carbocycles. The lowest BCUT2D eigenvalue weighted by atomic mass is 10.0. The van der Waals surface area contributed by atoms with Crippen LogP contribution in [-0.4, -0.2) is 12.6 Å². The Morgan fingerprint density at radius 1 is 1.47 bits per heavy atom. The van der Waals surface area contributed by atoms with Crippen LogP contribution in [0.3, 0.4) is 0 Å². The molecule has 1 atom stereocenters. The van der Waals surface area contributed by atoms with E-state index in [9.17, 15) is 4.39 Å². The highest BCUT2D eigenvalue weighted by molar-refractivity contribution is 6.17. The molecule has 0 radical (unpaired) electrons. The van der Waals surface area contributed by atoms with Crippen LogP contribution in [0.15, 0.2) is 18.2 Å². The van der Waals surface area contributed by atoms with E-state index in [4.69, 9.17) is 11.6 Å². The van der Waals surface area contributed by atoms with Gasteiger partial charge in [0.1, 0.15) is 5.82 Å². The first-order valence-corrected chi connectivity index (χ1v) is 6.78. The van der Waals surface area contributed by atoms with E-state index in [0.717, 1.165) is 12.2 Å². The molecule has 1 saturated heterocycles. The number of alkyl halides is 1. The molecule has 1 aliphatic rings. The van der Waals surface area contributed by atoms with Gasteiger partial charge in [-0.05, 0) is 30.9 Å². The molecule has 3 heteroatoms. The number of nitrogens with zero attached hydrogens (tertiary/aromatic N) is 1. The molecule has 1 aliphatic heterocycles. The Bertz CT molecular complexity index is 392. The van der Waals surface area contributed by atoms with E-state index in [-0.39, 0.29) is 11.7 Å². The van der Waals surface area contributed by atoms with Crippen molar-refractivity contribution >= 4 is 17.3 Å². The molecule has 2 rings (SSSR count). The highest BCUT2D eigenvalue weighted by Gasteiger charge is 2.28. The fourth-order valence-corrected chi connectivity index (χ4v) is 3.00. The van der Waals surface area contributed by atoms with Gasteiger partial charge in [0.05, 0.1) is 5.88 Å². The van der Waals surface area contributed by atoms with Crippen molar-refractivity contribution in [2.24, 2.45) is 5.92 Å². The first kappa shape index (κ1) is 12.7. The van der Waals surface area contributed by atoms with Crippen LogP contribution in [0.25, 0.3) is 0 Å². The molecule has 0 aromatic heterocycles. The Labute approximate surface area is 108 Å². The molecule has 0 aliphatic carbocycles. The second kappa shape index (κ2) is 5.26. The number of hydrogen-bond acceptors (Lipinski definition) is 1. The summed E-state index contributed by atoms with van der Waals surface area (Å²) in [4.78, 5) is 2.32. The first-order chi connectivity index (χ1) is 8.15. The van der Waals surface area contributed by atoms with Gasteiger partial charge in [-0.3, -0.25) is 0 Å². The molecule has 1 heterocycles. The summed E-state index contributed by atoms with van der Waals surface area (Å²) in [5.74, 6) is 0.638. The molecular formula is C14H19ClFN. The predicted molar refractivity (Wildman–Crippen MR) is 71.2 cm³/mol. The van der Waals surface area contributed by atoms with Crippen molar-refractivity contribution in [3.05, 3.63) is 29.6 Å². The molecule has 17 heavy (non-hydrogen) atoms. The summed E-state index contributed by atoms with van der Waals surface area (Å²) in [6.07, 6.45) is 2.37. The average molecular weight is 256 g/mol. The number of benzene rings is 1. The lowest BCUT2D eigenvalue weighted by Gasteiger charge is -2.31. The van der Waals surface area contributed by atoms with Crippen molar-refractivity contribution in [2.45, 2.75) is 38.6 Å². The Morgan fingerprint density at radius 3 is 2.88 bits per heavy atom. The van der Waals surface area contributed by atoms with Crippen LogP contribution in [0.2, 0.25) is 0 Å². The first-order valence-electron chi connectivity index (χ1n) is 6.25. The molecule has 1 aromatic rings. The molecule has 0 N–H and O–H groups in total. The van der Waals surface area contributed by atoms with Gasteiger partial charge >= 0.3 is 0 Å². The molecule has 94 valence electrons. The smallest absolute Gasteiger partial charge is 0.129 e. The summed E-state index contributed by atoms with van der Waals surface area (Å²) in [6.45, 7) is 5.46. The van der Waals surface area contributed by atoms with Gasteiger partial charge in [0.2, 0.25) is 0 Å². The quantitative estimate of drug-likeness (QED) is 0.732. The maximum atomic E-state index is 13.7. The Kier molecular flexibility index (Phi) is 3.93. The van der Waals surface area contributed by atoms with Gasteiger partial charge in [-0.15, -0.1) is 11.6 Å². The molecule has 0 spiro atoms. The number of rotatable bonds is 3. The second-order valence-electron chi connectivity index (χ2n) is 5.02. The highest BCUT2D eigenvalue weighted by Crippen LogP contribution is 2.33. The number of anilines is 1. The van der Waals surface area contributed by atoms with E-state index >= 15 is 0 Å². The third-order valence-electron chi connectivity index (χ3n) is 3.61. The summed E-state index contributed by atoms with van der Waals surface area (Å²) >= 11 is 5.88. The highest BCUT2D eigenvalue weighted by atomic mass is 35.5. The standard InChI is InChI=1S/C14H19ClFN/c1-10(2)13-7-4-8-17(13)14-6-3-5-12(16)11(14)9-15/h3,5-6,10,13H,4,7-9H2,1-2H3. The zero-order valence-electron chi connectivity index (χ0n) is 10.4. The third-order valence-corrected chi connectivity index (χ3v) is 3.87. The maximum absolute atomic E-state index is 13.7. The summed E-state index contributed by atoms with van der Waals surface area (Å²) in [5, 5.41) is 0. The third kappa shape index (κ3) is 2.42. The van der Waals surface area contributed by atoms with E-state index in [1.54, 1.807) is 6.07 Å². The number of hydrogen-bond donors (Lipinski definition) is 0. The van der Waals surface area contributed by atoms with E-state index in [0.29, 0.717) is 17.5 Å². The zero-order chi connectivity index (χ0) is 12.4. The van der Waals surface area contributed by atoms with Crippen molar-refractivity contribution in [2.75, 3.05) is 11.4 Å². The van der Waals surface area contributed by atoms with Crippen molar-refractivity contribution in [1.82, 2.24) is 0 Å². The van der Waals surface area contributed by atoms with Crippen molar-refractivity contribution < 1.29 is 4.39 Å².